The quantitative estimate of drug-likeness (QED) is 0.710. The first-order valence-corrected chi connectivity index (χ1v) is 7.83. The van der Waals surface area contributed by atoms with Crippen LogP contribution in [0.5, 0.6) is 0 Å². The van der Waals surface area contributed by atoms with E-state index in [0.717, 1.165) is 4.47 Å². The average Bonchev–Trinajstić information content (AvgIpc) is 2.44. The van der Waals surface area contributed by atoms with Gasteiger partial charge in [-0.05, 0) is 24.1 Å². The van der Waals surface area contributed by atoms with Gasteiger partial charge in [-0.1, -0.05) is 41.4 Å². The summed E-state index contributed by atoms with van der Waals surface area (Å²) in [5, 5.41) is 0.398. The van der Waals surface area contributed by atoms with Crippen LogP contribution in [0.25, 0.3) is 0 Å². The van der Waals surface area contributed by atoms with E-state index in [1.54, 1.807) is 23.1 Å². The highest BCUT2D eigenvalue weighted by molar-refractivity contribution is 9.10. The molecular weight excluding hydrogens is 358 g/mol. The number of nitrogens with zero attached hydrogens (tertiary/aromatic N) is 1. The molecule has 6 heteroatoms. The van der Waals surface area contributed by atoms with E-state index < -0.39 is 0 Å². The first-order valence-electron chi connectivity index (χ1n) is 6.66. The summed E-state index contributed by atoms with van der Waals surface area (Å²) in [6.07, 6.45) is 0.167. The lowest BCUT2D eigenvalue weighted by atomic mass is 10.1. The number of ether oxygens (including phenoxy) is 1. The van der Waals surface area contributed by atoms with Crippen molar-refractivity contribution < 1.29 is 14.3 Å². The molecule has 116 valence electrons. The Balaban J connectivity index is 2.93. The van der Waals surface area contributed by atoms with Crippen molar-refractivity contribution >= 4 is 39.4 Å². The van der Waals surface area contributed by atoms with Crippen LogP contribution in [0.1, 0.15) is 30.6 Å². The minimum atomic E-state index is -0.336. The van der Waals surface area contributed by atoms with Gasteiger partial charge in [0.25, 0.3) is 5.91 Å². The first-order chi connectivity index (χ1) is 9.85. The summed E-state index contributed by atoms with van der Waals surface area (Å²) in [6, 6.07) is 5.14. The third-order valence-electron chi connectivity index (χ3n) is 2.85. The van der Waals surface area contributed by atoms with Crippen LogP contribution in [0.4, 0.5) is 0 Å². The second-order valence-electron chi connectivity index (χ2n) is 5.10. The highest BCUT2D eigenvalue weighted by Crippen LogP contribution is 2.23. The van der Waals surface area contributed by atoms with Gasteiger partial charge in [-0.25, -0.2) is 0 Å². The number of amides is 1. The molecule has 1 rings (SSSR count). The van der Waals surface area contributed by atoms with Gasteiger partial charge in [-0.2, -0.15) is 0 Å². The van der Waals surface area contributed by atoms with E-state index in [1.807, 2.05) is 13.8 Å². The zero-order valence-corrected chi connectivity index (χ0v) is 14.7. The van der Waals surface area contributed by atoms with Gasteiger partial charge in [0.1, 0.15) is 0 Å². The molecule has 0 fully saturated rings. The van der Waals surface area contributed by atoms with Gasteiger partial charge in [-0.15, -0.1) is 0 Å². The minimum absolute atomic E-state index is 0.167. The Morgan fingerprint density at radius 3 is 2.62 bits per heavy atom. The van der Waals surface area contributed by atoms with Crippen molar-refractivity contribution in [2.75, 3.05) is 20.2 Å². The fourth-order valence-electron chi connectivity index (χ4n) is 1.88. The number of halogens is 2. The topological polar surface area (TPSA) is 46.6 Å². The lowest BCUT2D eigenvalue weighted by Gasteiger charge is -2.24. The molecule has 0 aliphatic carbocycles. The Kier molecular flexibility index (Phi) is 7.18. The van der Waals surface area contributed by atoms with Crippen molar-refractivity contribution in [2.45, 2.75) is 20.3 Å². The molecule has 0 bridgehead atoms. The molecule has 0 N–H and O–H groups in total. The predicted octanol–water partition coefficient (Wildman–Crippen LogP) is 3.76. The molecule has 4 nitrogen and oxygen atoms in total. The Labute approximate surface area is 138 Å². The lowest BCUT2D eigenvalue weighted by molar-refractivity contribution is -0.140. The van der Waals surface area contributed by atoms with Gasteiger partial charge < -0.3 is 9.64 Å². The number of hydrogen-bond acceptors (Lipinski definition) is 3. The van der Waals surface area contributed by atoms with Crippen LogP contribution < -0.4 is 0 Å². The van der Waals surface area contributed by atoms with E-state index in [2.05, 4.69) is 20.7 Å². The SMILES string of the molecule is COC(=O)CCN(CC(C)C)C(=O)c1cc(Br)ccc1Cl. The minimum Gasteiger partial charge on any atom is -0.469 e. The molecule has 0 radical (unpaired) electrons. The van der Waals surface area contributed by atoms with E-state index in [9.17, 15) is 9.59 Å². The molecule has 0 heterocycles. The highest BCUT2D eigenvalue weighted by Gasteiger charge is 2.20. The van der Waals surface area contributed by atoms with Gasteiger partial charge >= 0.3 is 5.97 Å². The summed E-state index contributed by atoms with van der Waals surface area (Å²) >= 11 is 9.44. The largest absolute Gasteiger partial charge is 0.469 e. The maximum Gasteiger partial charge on any atom is 0.307 e. The average molecular weight is 377 g/mol. The standard InChI is InChI=1S/C15H19BrClNO3/c1-10(2)9-18(7-6-14(19)21-3)15(20)12-8-11(16)4-5-13(12)17/h4-5,8,10H,6-7,9H2,1-3H3. The van der Waals surface area contributed by atoms with Crippen LogP contribution >= 0.6 is 27.5 Å². The molecule has 1 amide bonds. The van der Waals surface area contributed by atoms with Crippen molar-refractivity contribution in [3.63, 3.8) is 0 Å². The molecule has 1 aromatic carbocycles. The van der Waals surface area contributed by atoms with Crippen molar-refractivity contribution in [1.29, 1.82) is 0 Å². The summed E-state index contributed by atoms with van der Waals surface area (Å²) in [7, 11) is 1.34. The van der Waals surface area contributed by atoms with Gasteiger partial charge in [0.2, 0.25) is 0 Å². The monoisotopic (exact) mass is 375 g/mol. The summed E-state index contributed by atoms with van der Waals surface area (Å²) in [6.45, 7) is 4.90. The molecule has 0 spiro atoms. The second kappa shape index (κ2) is 8.39. The molecule has 0 saturated carbocycles. The van der Waals surface area contributed by atoms with Gasteiger partial charge in [-0.3, -0.25) is 9.59 Å². The lowest BCUT2D eigenvalue weighted by Crippen LogP contribution is -2.36. The Morgan fingerprint density at radius 1 is 1.38 bits per heavy atom. The zero-order valence-electron chi connectivity index (χ0n) is 12.4. The zero-order chi connectivity index (χ0) is 16.0. The van der Waals surface area contributed by atoms with Crippen LogP contribution in [-0.4, -0.2) is 37.0 Å². The molecule has 0 aromatic heterocycles. The van der Waals surface area contributed by atoms with Crippen molar-refractivity contribution in [2.24, 2.45) is 5.92 Å². The maximum atomic E-state index is 12.6. The van der Waals surface area contributed by atoms with Crippen molar-refractivity contribution in [3.8, 4) is 0 Å². The molecule has 0 aliphatic rings. The van der Waals surface area contributed by atoms with E-state index >= 15 is 0 Å². The Bertz CT molecular complexity index is 520. The van der Waals surface area contributed by atoms with Crippen LogP contribution in [0.15, 0.2) is 22.7 Å². The molecular formula is C15H19BrClNO3. The van der Waals surface area contributed by atoms with Gasteiger partial charge in [0.05, 0.1) is 24.1 Å². The number of methoxy groups -OCH3 is 1. The molecule has 1 aromatic rings. The third kappa shape index (κ3) is 5.67. The number of carbonyl (C=O) groups is 2. The van der Waals surface area contributed by atoms with Crippen molar-refractivity contribution in [3.05, 3.63) is 33.3 Å². The van der Waals surface area contributed by atoms with E-state index in [4.69, 9.17) is 11.6 Å². The van der Waals surface area contributed by atoms with E-state index in [0.29, 0.717) is 23.7 Å². The van der Waals surface area contributed by atoms with Gasteiger partial charge in [0.15, 0.2) is 0 Å². The fraction of sp³-hybridized carbons (Fsp3) is 0.467. The Morgan fingerprint density at radius 2 is 2.05 bits per heavy atom. The van der Waals surface area contributed by atoms with E-state index in [-0.39, 0.29) is 24.2 Å². The van der Waals surface area contributed by atoms with Crippen molar-refractivity contribution in [1.82, 2.24) is 4.90 Å². The third-order valence-corrected chi connectivity index (χ3v) is 3.67. The summed E-state index contributed by atoms with van der Waals surface area (Å²) in [4.78, 5) is 25.5. The fourth-order valence-corrected chi connectivity index (χ4v) is 2.44. The molecule has 0 atom stereocenters. The summed E-state index contributed by atoms with van der Waals surface area (Å²) < 4.78 is 5.41. The van der Waals surface area contributed by atoms with Crippen LogP contribution in [0.3, 0.4) is 0 Å². The molecule has 0 saturated heterocycles. The van der Waals surface area contributed by atoms with Gasteiger partial charge in [0, 0.05) is 17.6 Å². The van der Waals surface area contributed by atoms with Crippen LogP contribution in [-0.2, 0) is 9.53 Å². The predicted molar refractivity (Wildman–Crippen MR) is 86.5 cm³/mol. The number of rotatable bonds is 6. The highest BCUT2D eigenvalue weighted by atomic mass is 79.9. The summed E-state index contributed by atoms with van der Waals surface area (Å²) in [5.41, 5.74) is 0.427. The number of carbonyl (C=O) groups excluding carboxylic acids is 2. The van der Waals surface area contributed by atoms with Crippen LogP contribution in [0, 0.1) is 5.92 Å². The van der Waals surface area contributed by atoms with E-state index in [1.165, 1.54) is 7.11 Å². The maximum absolute atomic E-state index is 12.6. The molecule has 0 unspecified atom stereocenters. The smallest absolute Gasteiger partial charge is 0.307 e. The molecule has 0 aliphatic heterocycles. The summed E-state index contributed by atoms with van der Waals surface area (Å²) in [5.74, 6) is -0.228. The van der Waals surface area contributed by atoms with Crippen LogP contribution in [0.2, 0.25) is 5.02 Å². The number of benzene rings is 1. The number of esters is 1. The normalized spacial score (nSPS) is 10.6. The first kappa shape index (κ1) is 18.0. The number of hydrogen-bond donors (Lipinski definition) is 0. The Hall–Kier alpha value is -1.07. The second-order valence-corrected chi connectivity index (χ2v) is 6.42. The molecule has 21 heavy (non-hydrogen) atoms.